The van der Waals surface area contributed by atoms with Gasteiger partial charge in [-0.3, -0.25) is 4.79 Å². The lowest BCUT2D eigenvalue weighted by molar-refractivity contribution is 0.0770. The topological polar surface area (TPSA) is 74.7 Å². The second-order valence-electron chi connectivity index (χ2n) is 4.11. The summed E-state index contributed by atoms with van der Waals surface area (Å²) < 4.78 is 22.5. The first-order valence-electron chi connectivity index (χ1n) is 5.37. The highest BCUT2D eigenvalue weighted by molar-refractivity contribution is 7.91. The first-order valence-corrected chi connectivity index (χ1v) is 7.57. The lowest BCUT2D eigenvalue weighted by Gasteiger charge is -2.26. The Hall–Kier alpha value is -1.27. The van der Waals surface area contributed by atoms with Gasteiger partial charge in [0.1, 0.15) is 5.75 Å². The van der Waals surface area contributed by atoms with Crippen molar-refractivity contribution in [1.29, 1.82) is 0 Å². The Morgan fingerprint density at radius 2 is 1.89 bits per heavy atom. The molecule has 5 nitrogen and oxygen atoms in total. The molecule has 1 amide bonds. The Morgan fingerprint density at radius 3 is 2.44 bits per heavy atom. The molecule has 1 fully saturated rings. The van der Waals surface area contributed by atoms with Crippen LogP contribution in [-0.4, -0.2) is 48.9 Å². The van der Waals surface area contributed by atoms with E-state index in [0.717, 1.165) is 0 Å². The highest BCUT2D eigenvalue weighted by Gasteiger charge is 2.25. The lowest BCUT2D eigenvalue weighted by Crippen LogP contribution is -2.43. The molecule has 0 saturated carbocycles. The lowest BCUT2D eigenvalue weighted by atomic mass is 10.2. The average molecular weight is 290 g/mol. The standard InChI is InChI=1S/C11H12ClNO4S/c12-9-7-8(1-2-10(9)14)11(15)13-3-5-18(16,17)6-4-13/h1-2,7,14H,3-6H2. The number of phenols is 1. The smallest absolute Gasteiger partial charge is 0.253 e. The third-order valence-corrected chi connectivity index (χ3v) is 4.74. The summed E-state index contributed by atoms with van der Waals surface area (Å²) in [6, 6.07) is 4.19. The molecule has 0 radical (unpaired) electrons. The van der Waals surface area contributed by atoms with Gasteiger partial charge in [-0.25, -0.2) is 8.42 Å². The minimum Gasteiger partial charge on any atom is -0.506 e. The van der Waals surface area contributed by atoms with E-state index in [1.54, 1.807) is 0 Å². The number of sulfone groups is 1. The van der Waals surface area contributed by atoms with E-state index >= 15 is 0 Å². The minimum absolute atomic E-state index is 0.00937. The molecule has 1 aliphatic heterocycles. The van der Waals surface area contributed by atoms with Crippen molar-refractivity contribution >= 4 is 27.3 Å². The zero-order chi connectivity index (χ0) is 13.3. The van der Waals surface area contributed by atoms with Gasteiger partial charge in [0.2, 0.25) is 0 Å². The molecule has 1 aromatic carbocycles. The van der Waals surface area contributed by atoms with Crippen LogP contribution in [0.5, 0.6) is 5.75 Å². The van der Waals surface area contributed by atoms with E-state index in [1.165, 1.54) is 23.1 Å². The molecule has 1 aliphatic rings. The molecule has 18 heavy (non-hydrogen) atoms. The van der Waals surface area contributed by atoms with Crippen LogP contribution in [0.2, 0.25) is 5.02 Å². The zero-order valence-electron chi connectivity index (χ0n) is 9.47. The molecule has 0 atom stereocenters. The molecule has 1 heterocycles. The maximum Gasteiger partial charge on any atom is 0.253 e. The van der Waals surface area contributed by atoms with Crippen molar-refractivity contribution in [2.75, 3.05) is 24.6 Å². The summed E-state index contributed by atoms with van der Waals surface area (Å²) in [5, 5.41) is 9.37. The van der Waals surface area contributed by atoms with Gasteiger partial charge >= 0.3 is 0 Å². The Morgan fingerprint density at radius 1 is 1.28 bits per heavy atom. The van der Waals surface area contributed by atoms with E-state index in [1.807, 2.05) is 0 Å². The highest BCUT2D eigenvalue weighted by atomic mass is 35.5. The van der Waals surface area contributed by atoms with Gasteiger partial charge in [0.05, 0.1) is 16.5 Å². The number of hydrogen-bond donors (Lipinski definition) is 1. The number of phenolic OH excluding ortho intramolecular Hbond substituents is 1. The van der Waals surface area contributed by atoms with Crippen molar-refractivity contribution in [2.24, 2.45) is 0 Å². The molecule has 1 N–H and O–H groups in total. The SMILES string of the molecule is O=C(c1ccc(O)c(Cl)c1)N1CCS(=O)(=O)CC1. The molecular formula is C11H12ClNO4S. The molecule has 2 rings (SSSR count). The van der Waals surface area contributed by atoms with Crippen LogP contribution in [0.25, 0.3) is 0 Å². The summed E-state index contributed by atoms with van der Waals surface area (Å²) in [6.45, 7) is 0.388. The first kappa shape index (κ1) is 13.2. The van der Waals surface area contributed by atoms with E-state index in [-0.39, 0.29) is 41.3 Å². The van der Waals surface area contributed by atoms with Gasteiger partial charge in [-0.2, -0.15) is 0 Å². The normalized spacial score (nSPS) is 18.6. The van der Waals surface area contributed by atoms with Crippen LogP contribution < -0.4 is 0 Å². The molecule has 0 spiro atoms. The fourth-order valence-corrected chi connectivity index (χ4v) is 3.12. The third kappa shape index (κ3) is 2.76. The van der Waals surface area contributed by atoms with Gasteiger partial charge in [0.15, 0.2) is 9.84 Å². The van der Waals surface area contributed by atoms with Crippen LogP contribution in [0.15, 0.2) is 18.2 Å². The predicted molar refractivity (Wildman–Crippen MR) is 67.7 cm³/mol. The van der Waals surface area contributed by atoms with E-state index in [2.05, 4.69) is 0 Å². The van der Waals surface area contributed by atoms with Gasteiger partial charge in [0, 0.05) is 18.7 Å². The molecule has 98 valence electrons. The number of aromatic hydroxyl groups is 1. The molecule has 0 bridgehead atoms. The fraction of sp³-hybridized carbons (Fsp3) is 0.364. The van der Waals surface area contributed by atoms with Crippen molar-refractivity contribution in [2.45, 2.75) is 0 Å². The fourth-order valence-electron chi connectivity index (χ4n) is 1.74. The van der Waals surface area contributed by atoms with Crippen LogP contribution in [-0.2, 0) is 9.84 Å². The van der Waals surface area contributed by atoms with Crippen molar-refractivity contribution < 1.29 is 18.3 Å². The summed E-state index contributed by atoms with van der Waals surface area (Å²) >= 11 is 5.73. The second kappa shape index (κ2) is 4.78. The number of carbonyl (C=O) groups is 1. The van der Waals surface area contributed by atoms with Gasteiger partial charge in [0.25, 0.3) is 5.91 Å². The minimum atomic E-state index is -3.01. The number of nitrogens with zero attached hydrogens (tertiary/aromatic N) is 1. The summed E-state index contributed by atoms with van der Waals surface area (Å²) in [4.78, 5) is 13.5. The second-order valence-corrected chi connectivity index (χ2v) is 6.82. The Balaban J connectivity index is 2.15. The van der Waals surface area contributed by atoms with E-state index in [9.17, 15) is 18.3 Å². The van der Waals surface area contributed by atoms with Crippen LogP contribution in [0.1, 0.15) is 10.4 Å². The maximum absolute atomic E-state index is 12.1. The number of halogens is 1. The van der Waals surface area contributed by atoms with Crippen LogP contribution in [0, 0.1) is 0 Å². The van der Waals surface area contributed by atoms with E-state index in [4.69, 9.17) is 11.6 Å². The van der Waals surface area contributed by atoms with Crippen LogP contribution >= 0.6 is 11.6 Å². The van der Waals surface area contributed by atoms with E-state index < -0.39 is 9.84 Å². The summed E-state index contributed by atoms with van der Waals surface area (Å²) in [7, 11) is -3.01. The van der Waals surface area contributed by atoms with Gasteiger partial charge in [-0.05, 0) is 18.2 Å². The van der Waals surface area contributed by atoms with Gasteiger partial charge < -0.3 is 10.0 Å². The molecule has 1 aromatic rings. The van der Waals surface area contributed by atoms with Gasteiger partial charge in [-0.1, -0.05) is 11.6 Å². The maximum atomic E-state index is 12.1. The summed E-state index contributed by atoms with van der Waals surface area (Å²) in [6.07, 6.45) is 0. The number of benzene rings is 1. The van der Waals surface area contributed by atoms with Crippen molar-refractivity contribution in [3.05, 3.63) is 28.8 Å². The monoisotopic (exact) mass is 289 g/mol. The molecule has 0 unspecified atom stereocenters. The Kier molecular flexibility index (Phi) is 3.49. The molecule has 0 aromatic heterocycles. The largest absolute Gasteiger partial charge is 0.506 e. The first-order chi connectivity index (χ1) is 8.39. The number of hydrogen-bond acceptors (Lipinski definition) is 4. The zero-order valence-corrected chi connectivity index (χ0v) is 11.0. The Labute approximate surface area is 110 Å². The summed E-state index contributed by atoms with van der Waals surface area (Å²) in [5.74, 6) is -0.379. The molecule has 1 saturated heterocycles. The van der Waals surface area contributed by atoms with Crippen molar-refractivity contribution in [3.8, 4) is 5.75 Å². The van der Waals surface area contributed by atoms with Crippen molar-refractivity contribution in [3.63, 3.8) is 0 Å². The third-order valence-electron chi connectivity index (χ3n) is 2.83. The molecular weight excluding hydrogens is 278 g/mol. The number of carbonyl (C=O) groups excluding carboxylic acids is 1. The number of amides is 1. The summed E-state index contributed by atoms with van der Waals surface area (Å²) in [5.41, 5.74) is 0.345. The number of rotatable bonds is 1. The molecule has 0 aliphatic carbocycles. The Bertz CT molecular complexity index is 571. The highest BCUT2D eigenvalue weighted by Crippen LogP contribution is 2.24. The van der Waals surface area contributed by atoms with Gasteiger partial charge in [-0.15, -0.1) is 0 Å². The molecule has 7 heteroatoms. The quantitative estimate of drug-likeness (QED) is 0.834. The van der Waals surface area contributed by atoms with Crippen LogP contribution in [0.4, 0.5) is 0 Å². The predicted octanol–water partition coefficient (Wildman–Crippen LogP) is 0.916. The van der Waals surface area contributed by atoms with E-state index in [0.29, 0.717) is 5.56 Å². The average Bonchev–Trinajstić information content (AvgIpc) is 2.32. The van der Waals surface area contributed by atoms with Crippen LogP contribution in [0.3, 0.4) is 0 Å². The van der Waals surface area contributed by atoms with Crippen molar-refractivity contribution in [1.82, 2.24) is 4.90 Å².